The second-order valence-corrected chi connectivity index (χ2v) is 6.68. The maximum Gasteiger partial charge on any atom is 0.186 e. The molecule has 0 amide bonds. The quantitative estimate of drug-likeness (QED) is 0.416. The highest BCUT2D eigenvalue weighted by Crippen LogP contribution is 2.36. The summed E-state index contributed by atoms with van der Waals surface area (Å²) in [6.45, 7) is 5.37. The molecule has 1 heterocycles. The summed E-state index contributed by atoms with van der Waals surface area (Å²) in [5.74, 6) is 0.371. The van der Waals surface area contributed by atoms with E-state index in [1.54, 1.807) is 0 Å². The van der Waals surface area contributed by atoms with Crippen molar-refractivity contribution in [3.63, 3.8) is 0 Å². The molecule has 5 N–H and O–H groups in total. The first-order valence-electron chi connectivity index (χ1n) is 8.13. The van der Waals surface area contributed by atoms with E-state index in [1.807, 2.05) is 6.92 Å². The van der Waals surface area contributed by atoms with E-state index in [-0.39, 0.29) is 24.5 Å². The predicted octanol–water partition coefficient (Wildman–Crippen LogP) is -0.844. The van der Waals surface area contributed by atoms with E-state index in [1.165, 1.54) is 0 Å². The van der Waals surface area contributed by atoms with Crippen LogP contribution in [0.15, 0.2) is 12.2 Å². The monoisotopic (exact) mass is 332 g/mol. The average Bonchev–Trinajstić information content (AvgIpc) is 2.56. The van der Waals surface area contributed by atoms with Gasteiger partial charge in [-0.3, -0.25) is 0 Å². The van der Waals surface area contributed by atoms with Crippen molar-refractivity contribution in [2.24, 2.45) is 11.8 Å². The lowest BCUT2D eigenvalue weighted by Crippen LogP contribution is -2.60. The van der Waals surface area contributed by atoms with Crippen LogP contribution in [0.2, 0.25) is 0 Å². The van der Waals surface area contributed by atoms with Crippen molar-refractivity contribution in [1.29, 1.82) is 0 Å². The Kier molecular flexibility index (Phi) is 6.56. The van der Waals surface area contributed by atoms with Crippen LogP contribution < -0.4 is 0 Å². The summed E-state index contributed by atoms with van der Waals surface area (Å²) in [6, 6.07) is 0. The fraction of sp³-hybridized carbons (Fsp3) is 0.875. The fourth-order valence-corrected chi connectivity index (χ4v) is 3.32. The van der Waals surface area contributed by atoms with Crippen LogP contribution in [0.25, 0.3) is 0 Å². The number of ether oxygens (including phenoxy) is 2. The number of aliphatic hydroxyl groups is 5. The number of hydrogen-bond acceptors (Lipinski definition) is 7. The molecule has 7 nitrogen and oxygen atoms in total. The molecule has 0 aromatic heterocycles. The summed E-state index contributed by atoms with van der Waals surface area (Å²) in [5, 5.41) is 48.1. The van der Waals surface area contributed by atoms with Gasteiger partial charge in [0, 0.05) is 0 Å². The second kappa shape index (κ2) is 8.02. The molecule has 0 aromatic carbocycles. The van der Waals surface area contributed by atoms with Crippen molar-refractivity contribution in [2.45, 2.75) is 63.0 Å². The maximum atomic E-state index is 10.1. The lowest BCUT2D eigenvalue weighted by Gasteiger charge is -2.43. The Morgan fingerprint density at radius 3 is 2.43 bits per heavy atom. The molecular weight excluding hydrogens is 304 g/mol. The molecule has 0 aromatic rings. The molecule has 134 valence electrons. The zero-order valence-electron chi connectivity index (χ0n) is 13.4. The van der Waals surface area contributed by atoms with Crippen LogP contribution in [0.1, 0.15) is 26.2 Å². The number of aliphatic hydroxyl groups excluding tert-OH is 5. The minimum absolute atomic E-state index is 0.0637. The molecule has 7 heteroatoms. The van der Waals surface area contributed by atoms with Gasteiger partial charge in [-0.15, -0.1) is 0 Å². The maximum absolute atomic E-state index is 10.1. The van der Waals surface area contributed by atoms with Crippen LogP contribution in [0.4, 0.5) is 0 Å². The molecule has 2 aliphatic rings. The second-order valence-electron chi connectivity index (χ2n) is 6.68. The molecule has 2 fully saturated rings. The van der Waals surface area contributed by atoms with E-state index in [0.717, 1.165) is 18.4 Å². The van der Waals surface area contributed by atoms with Crippen LogP contribution in [0, 0.1) is 11.8 Å². The molecule has 1 aliphatic heterocycles. The minimum atomic E-state index is -1.44. The normalized spacial score (nSPS) is 45.0. The van der Waals surface area contributed by atoms with Crippen LogP contribution in [0.3, 0.4) is 0 Å². The van der Waals surface area contributed by atoms with Gasteiger partial charge in [0.25, 0.3) is 0 Å². The molecule has 23 heavy (non-hydrogen) atoms. The average molecular weight is 332 g/mol. The van der Waals surface area contributed by atoms with Gasteiger partial charge in [0.2, 0.25) is 0 Å². The summed E-state index contributed by atoms with van der Waals surface area (Å²) in [7, 11) is 0. The van der Waals surface area contributed by atoms with E-state index in [0.29, 0.717) is 6.42 Å². The fourth-order valence-electron chi connectivity index (χ4n) is 3.32. The van der Waals surface area contributed by atoms with Crippen molar-refractivity contribution in [3.8, 4) is 0 Å². The number of rotatable bonds is 5. The summed E-state index contributed by atoms with van der Waals surface area (Å²) in [5.41, 5.74) is 0.763. The number of hydrogen-bond donors (Lipinski definition) is 5. The van der Waals surface area contributed by atoms with Gasteiger partial charge in [-0.1, -0.05) is 13.5 Å². The molecule has 8 unspecified atom stereocenters. The largest absolute Gasteiger partial charge is 0.394 e. The lowest BCUT2D eigenvalue weighted by molar-refractivity contribution is -0.316. The van der Waals surface area contributed by atoms with Crippen LogP contribution in [-0.2, 0) is 9.47 Å². The Labute approximate surface area is 136 Å². The first-order chi connectivity index (χ1) is 10.9. The van der Waals surface area contributed by atoms with E-state index in [2.05, 4.69) is 6.58 Å². The third kappa shape index (κ3) is 4.11. The van der Waals surface area contributed by atoms with Gasteiger partial charge in [-0.05, 0) is 36.7 Å². The first kappa shape index (κ1) is 18.8. The van der Waals surface area contributed by atoms with E-state index in [9.17, 15) is 25.5 Å². The SMILES string of the molecule is C=C(CO)C1CCC(C)C(OC2OC(CO)C(O)C(O)C2O)C1. The highest BCUT2D eigenvalue weighted by molar-refractivity contribution is 5.03. The summed E-state index contributed by atoms with van der Waals surface area (Å²) in [4.78, 5) is 0. The minimum Gasteiger partial charge on any atom is -0.394 e. The Morgan fingerprint density at radius 1 is 1.13 bits per heavy atom. The zero-order valence-corrected chi connectivity index (χ0v) is 13.4. The third-order valence-electron chi connectivity index (χ3n) is 5.06. The van der Waals surface area contributed by atoms with Crippen LogP contribution in [-0.4, -0.2) is 75.6 Å². The molecule has 0 bridgehead atoms. The lowest BCUT2D eigenvalue weighted by atomic mass is 9.77. The van der Waals surface area contributed by atoms with Crippen molar-refractivity contribution in [3.05, 3.63) is 12.2 Å². The molecular formula is C16H28O7. The Bertz CT molecular complexity index is 400. The van der Waals surface area contributed by atoms with Gasteiger partial charge < -0.3 is 35.0 Å². The summed E-state index contributed by atoms with van der Waals surface area (Å²) >= 11 is 0. The van der Waals surface area contributed by atoms with Gasteiger partial charge in [-0.2, -0.15) is 0 Å². The smallest absolute Gasteiger partial charge is 0.186 e. The van der Waals surface area contributed by atoms with Gasteiger partial charge in [0.05, 0.1) is 19.3 Å². The molecule has 2 rings (SSSR count). The third-order valence-corrected chi connectivity index (χ3v) is 5.06. The zero-order chi connectivity index (χ0) is 17.1. The predicted molar refractivity (Wildman–Crippen MR) is 81.4 cm³/mol. The molecule has 0 spiro atoms. The van der Waals surface area contributed by atoms with Crippen molar-refractivity contribution in [1.82, 2.24) is 0 Å². The Morgan fingerprint density at radius 2 is 1.83 bits per heavy atom. The van der Waals surface area contributed by atoms with Crippen molar-refractivity contribution < 1.29 is 35.0 Å². The first-order valence-corrected chi connectivity index (χ1v) is 8.13. The van der Waals surface area contributed by atoms with E-state index >= 15 is 0 Å². The Hall–Kier alpha value is -0.540. The standard InChI is InChI=1S/C16H28O7/c1-8-3-4-10(9(2)6-17)5-11(8)22-16-15(21)14(20)13(19)12(7-18)23-16/h8,10-21H,2-7H2,1H3. The topological polar surface area (TPSA) is 120 Å². The highest BCUT2D eigenvalue weighted by Gasteiger charge is 2.45. The van der Waals surface area contributed by atoms with Crippen LogP contribution in [0.5, 0.6) is 0 Å². The van der Waals surface area contributed by atoms with Gasteiger partial charge in [0.15, 0.2) is 6.29 Å². The van der Waals surface area contributed by atoms with Gasteiger partial charge in [-0.25, -0.2) is 0 Å². The van der Waals surface area contributed by atoms with Gasteiger partial charge >= 0.3 is 0 Å². The molecule has 1 saturated heterocycles. The summed E-state index contributed by atoms with van der Waals surface area (Å²) < 4.78 is 11.3. The van der Waals surface area contributed by atoms with Gasteiger partial charge in [0.1, 0.15) is 24.4 Å². The molecule has 8 atom stereocenters. The summed E-state index contributed by atoms with van der Waals surface area (Å²) in [6.07, 6.45) is -4.05. The van der Waals surface area contributed by atoms with Crippen LogP contribution >= 0.6 is 0 Å². The molecule has 1 saturated carbocycles. The Balaban J connectivity index is 2.02. The van der Waals surface area contributed by atoms with E-state index < -0.39 is 37.3 Å². The van der Waals surface area contributed by atoms with Crippen molar-refractivity contribution >= 4 is 0 Å². The molecule has 1 aliphatic carbocycles. The van der Waals surface area contributed by atoms with Crippen molar-refractivity contribution in [2.75, 3.05) is 13.2 Å². The van der Waals surface area contributed by atoms with E-state index in [4.69, 9.17) is 9.47 Å². The molecule has 0 radical (unpaired) electrons. The highest BCUT2D eigenvalue weighted by atomic mass is 16.7.